The van der Waals surface area contributed by atoms with Gasteiger partial charge in [-0.25, -0.2) is 0 Å². The Balaban J connectivity index is 0.857. The largest absolute Gasteiger partial charge is 0.508 e. The third-order valence-electron chi connectivity index (χ3n) is 12.5. The fraction of sp³-hybridized carbons (Fsp3) is 0.857. The van der Waals surface area contributed by atoms with Crippen LogP contribution in [0.25, 0.3) is 0 Å². The van der Waals surface area contributed by atoms with Gasteiger partial charge in [-0.05, 0) is 78.6 Å². The SMILES string of the molecule is C[C@@H]1O[C@@H](O[C@@H]2C[C@H](O[C@H]3[C@H](O)C[C@H](Oc4ccc(O)cc4)O[C@@H]3C)O[C@H](C)[C@H]2O)CC[C@@H]1O[C@H]1C[C@@H](O[C@H]2C[C@@H](O)[C@H](O[C@H]3CC[C@H](O)[C@H](C)O3)[C@@H](C)O2)[C@H](O)[C@@H](C)O1. The van der Waals surface area contributed by atoms with Gasteiger partial charge in [0, 0.05) is 38.5 Å². The molecule has 7 rings (SSSR count). The van der Waals surface area contributed by atoms with Crippen molar-refractivity contribution < 1.29 is 87.5 Å². The summed E-state index contributed by atoms with van der Waals surface area (Å²) in [6.45, 7) is 10.7. The molecule has 0 saturated carbocycles. The number of rotatable bonds is 12. The molecule has 6 aliphatic rings. The van der Waals surface area contributed by atoms with Crippen LogP contribution in [0.1, 0.15) is 92.9 Å². The van der Waals surface area contributed by atoms with E-state index in [-0.39, 0.29) is 43.6 Å². The molecular weight excluding hydrogens is 792 g/mol. The van der Waals surface area contributed by atoms with Crippen LogP contribution in [-0.2, 0) is 52.1 Å². The molecule has 6 fully saturated rings. The van der Waals surface area contributed by atoms with Crippen LogP contribution in [0.4, 0.5) is 0 Å². The second-order valence-electron chi connectivity index (χ2n) is 17.2. The van der Waals surface area contributed by atoms with Gasteiger partial charge in [0.15, 0.2) is 31.5 Å². The first-order valence-corrected chi connectivity index (χ1v) is 21.7. The van der Waals surface area contributed by atoms with Crippen LogP contribution in [-0.4, -0.2) is 166 Å². The number of ether oxygens (including phenoxy) is 12. The normalized spacial score (nSPS) is 48.0. The van der Waals surface area contributed by atoms with E-state index >= 15 is 0 Å². The fourth-order valence-corrected chi connectivity index (χ4v) is 8.92. The first-order chi connectivity index (χ1) is 28.6. The first-order valence-electron chi connectivity index (χ1n) is 21.7. The molecular formula is C42H66O18. The smallest absolute Gasteiger partial charge is 0.202 e. The molecule has 0 spiro atoms. The van der Waals surface area contributed by atoms with E-state index in [1.165, 1.54) is 12.1 Å². The molecule has 60 heavy (non-hydrogen) atoms. The minimum absolute atomic E-state index is 0.114. The highest BCUT2D eigenvalue weighted by Gasteiger charge is 2.47. The third-order valence-corrected chi connectivity index (χ3v) is 12.5. The predicted molar refractivity (Wildman–Crippen MR) is 206 cm³/mol. The van der Waals surface area contributed by atoms with E-state index in [9.17, 15) is 30.6 Å². The van der Waals surface area contributed by atoms with Crippen molar-refractivity contribution in [1.29, 1.82) is 0 Å². The zero-order chi connectivity index (χ0) is 42.8. The highest BCUT2D eigenvalue weighted by Crippen LogP contribution is 2.36. The predicted octanol–water partition coefficient (Wildman–Crippen LogP) is 2.09. The molecule has 0 bridgehead atoms. The Bertz CT molecular complexity index is 1450. The Labute approximate surface area is 351 Å². The molecule has 0 unspecified atom stereocenters. The van der Waals surface area contributed by atoms with Crippen LogP contribution >= 0.6 is 0 Å². The van der Waals surface area contributed by atoms with Crippen molar-refractivity contribution in [2.75, 3.05) is 0 Å². The molecule has 18 nitrogen and oxygen atoms in total. The van der Waals surface area contributed by atoms with E-state index in [0.29, 0.717) is 31.4 Å². The van der Waals surface area contributed by atoms with Gasteiger partial charge in [0.1, 0.15) is 35.9 Å². The Kier molecular flexibility index (Phi) is 15.7. The number of benzene rings is 1. The van der Waals surface area contributed by atoms with Crippen molar-refractivity contribution in [2.45, 2.75) is 228 Å². The first kappa shape index (κ1) is 46.2. The monoisotopic (exact) mass is 858 g/mol. The summed E-state index contributed by atoms with van der Waals surface area (Å²) in [4.78, 5) is 0. The summed E-state index contributed by atoms with van der Waals surface area (Å²) in [5.41, 5.74) is 0. The molecule has 342 valence electrons. The van der Waals surface area contributed by atoms with Crippen LogP contribution in [0, 0.1) is 0 Å². The number of hydrogen-bond acceptors (Lipinski definition) is 18. The molecule has 18 heteroatoms. The number of hydrogen-bond donors (Lipinski definition) is 6. The van der Waals surface area contributed by atoms with Crippen LogP contribution in [0.15, 0.2) is 24.3 Å². The summed E-state index contributed by atoms with van der Waals surface area (Å²) < 4.78 is 73.3. The van der Waals surface area contributed by atoms with E-state index < -0.39 is 123 Å². The molecule has 0 aliphatic carbocycles. The van der Waals surface area contributed by atoms with Gasteiger partial charge in [-0.2, -0.15) is 0 Å². The van der Waals surface area contributed by atoms with Gasteiger partial charge in [-0.3, -0.25) is 0 Å². The molecule has 0 aromatic heterocycles. The van der Waals surface area contributed by atoms with Gasteiger partial charge >= 0.3 is 0 Å². The van der Waals surface area contributed by atoms with Gasteiger partial charge in [-0.15, -0.1) is 0 Å². The maximum Gasteiger partial charge on any atom is 0.202 e. The van der Waals surface area contributed by atoms with Crippen LogP contribution in [0.3, 0.4) is 0 Å². The average Bonchev–Trinajstić information content (AvgIpc) is 3.18. The van der Waals surface area contributed by atoms with Crippen molar-refractivity contribution in [3.63, 3.8) is 0 Å². The zero-order valence-corrected chi connectivity index (χ0v) is 35.3. The standard InChI is InChI=1S/C42H66O18/c1-19-27(44)11-13-34(49-19)59-41-23(5)54-36(16-29(41)46)58-32-17-37(51-21(3)40(32)48)56-30-12-14-33(50-20(30)2)57-31-18-38(52-22(4)39(31)47)60-42-24(6)53-35(15-28(42)45)55-26-9-7-25(43)8-10-26/h7-10,19-24,27-48H,11-18H2,1-6H3/t19-,20-,21+,22+,23+,24+,27-,28+,29+,30-,31+,32+,33-,34-,35-,36-,37-,38-,39+,40+,41+,42+/m0/s1. The summed E-state index contributed by atoms with van der Waals surface area (Å²) in [5.74, 6) is 0.610. The average molecular weight is 859 g/mol. The highest BCUT2D eigenvalue weighted by molar-refractivity contribution is 5.30. The van der Waals surface area contributed by atoms with Gasteiger partial charge in [0.2, 0.25) is 6.29 Å². The van der Waals surface area contributed by atoms with Crippen molar-refractivity contribution in [3.05, 3.63) is 24.3 Å². The molecule has 6 heterocycles. The Morgan fingerprint density at radius 1 is 0.417 bits per heavy atom. The van der Waals surface area contributed by atoms with E-state index in [1.54, 1.807) is 46.8 Å². The lowest BCUT2D eigenvalue weighted by Crippen LogP contribution is -2.56. The Morgan fingerprint density at radius 3 is 1.43 bits per heavy atom. The van der Waals surface area contributed by atoms with Crippen molar-refractivity contribution in [3.8, 4) is 11.5 Å². The van der Waals surface area contributed by atoms with E-state index in [0.717, 1.165) is 0 Å². The number of phenols is 1. The Hall–Kier alpha value is -1.82. The zero-order valence-electron chi connectivity index (χ0n) is 35.3. The summed E-state index contributed by atoms with van der Waals surface area (Å²) in [7, 11) is 0. The molecule has 6 saturated heterocycles. The fourth-order valence-electron chi connectivity index (χ4n) is 8.92. The minimum Gasteiger partial charge on any atom is -0.508 e. The van der Waals surface area contributed by atoms with E-state index in [4.69, 9.17) is 56.8 Å². The molecule has 1 aromatic carbocycles. The van der Waals surface area contributed by atoms with E-state index in [2.05, 4.69) is 0 Å². The molecule has 1 aromatic rings. The number of aromatic hydroxyl groups is 1. The topological polar surface area (TPSA) is 232 Å². The molecule has 6 N–H and O–H groups in total. The number of phenolic OH excluding ortho intramolecular Hbond substituents is 1. The van der Waals surface area contributed by atoms with Crippen molar-refractivity contribution in [2.24, 2.45) is 0 Å². The maximum absolute atomic E-state index is 11.1. The third kappa shape index (κ3) is 11.5. The summed E-state index contributed by atoms with van der Waals surface area (Å²) in [6, 6.07) is 6.25. The molecule has 0 radical (unpaired) electrons. The molecule has 0 amide bonds. The maximum atomic E-state index is 11.1. The highest BCUT2D eigenvalue weighted by atomic mass is 16.8. The summed E-state index contributed by atoms with van der Waals surface area (Å²) >= 11 is 0. The lowest BCUT2D eigenvalue weighted by molar-refractivity contribution is -0.339. The van der Waals surface area contributed by atoms with Crippen molar-refractivity contribution in [1.82, 2.24) is 0 Å². The second kappa shape index (κ2) is 20.3. The van der Waals surface area contributed by atoms with Crippen molar-refractivity contribution >= 4 is 0 Å². The van der Waals surface area contributed by atoms with Gasteiger partial charge < -0.3 is 87.5 Å². The van der Waals surface area contributed by atoms with E-state index in [1.807, 2.05) is 6.92 Å². The quantitative estimate of drug-likeness (QED) is 0.177. The molecule has 6 aliphatic heterocycles. The lowest BCUT2D eigenvalue weighted by Gasteiger charge is -2.45. The summed E-state index contributed by atoms with van der Waals surface area (Å²) in [5, 5.41) is 63.7. The number of aliphatic hydroxyl groups excluding tert-OH is 5. The summed E-state index contributed by atoms with van der Waals surface area (Å²) in [6.07, 6.45) is -11.9. The van der Waals surface area contributed by atoms with Crippen LogP contribution in [0.5, 0.6) is 11.5 Å². The minimum atomic E-state index is -0.961. The number of aliphatic hydroxyl groups is 5. The van der Waals surface area contributed by atoms with Gasteiger partial charge in [0.05, 0.1) is 73.2 Å². The van der Waals surface area contributed by atoms with Gasteiger partial charge in [-0.1, -0.05) is 0 Å². The lowest BCUT2D eigenvalue weighted by atomic mass is 9.99. The Morgan fingerprint density at radius 2 is 0.850 bits per heavy atom. The molecule has 22 atom stereocenters. The van der Waals surface area contributed by atoms with Gasteiger partial charge in [0.25, 0.3) is 0 Å². The second-order valence-corrected chi connectivity index (χ2v) is 17.2. The van der Waals surface area contributed by atoms with Crippen LogP contribution < -0.4 is 4.74 Å². The van der Waals surface area contributed by atoms with Crippen LogP contribution in [0.2, 0.25) is 0 Å².